The van der Waals surface area contributed by atoms with Crippen LogP contribution < -0.4 is 10.2 Å². The highest BCUT2D eigenvalue weighted by molar-refractivity contribution is 7.98. The molecule has 0 aliphatic rings. The lowest BCUT2D eigenvalue weighted by atomic mass is 10.2. The molecule has 1 heterocycles. The lowest BCUT2D eigenvalue weighted by Gasteiger charge is -2.07. The largest absolute Gasteiger partial charge is 0.467 e. The van der Waals surface area contributed by atoms with Gasteiger partial charge in [-0.15, -0.1) is 0 Å². The van der Waals surface area contributed by atoms with Crippen LogP contribution in [0.2, 0.25) is 0 Å². The van der Waals surface area contributed by atoms with Gasteiger partial charge < -0.3 is 4.74 Å². The lowest BCUT2D eigenvalue weighted by molar-refractivity contribution is -0.384. The minimum absolute atomic E-state index is 0.0176. The predicted octanol–water partition coefficient (Wildman–Crippen LogP) is 3.51. The second kappa shape index (κ2) is 10.8. The van der Waals surface area contributed by atoms with Crippen LogP contribution in [0.5, 0.6) is 5.88 Å². The van der Waals surface area contributed by atoms with E-state index in [1.54, 1.807) is 6.07 Å². The summed E-state index contributed by atoms with van der Waals surface area (Å²) in [5.41, 5.74) is 4.82. The van der Waals surface area contributed by atoms with E-state index in [1.165, 1.54) is 42.2 Å². The number of carbonyl (C=O) groups is 1. The van der Waals surface area contributed by atoms with Crippen molar-refractivity contribution in [2.75, 3.05) is 6.61 Å². The number of aromatic nitrogens is 2. The van der Waals surface area contributed by atoms with Gasteiger partial charge in [-0.05, 0) is 30.2 Å². The van der Waals surface area contributed by atoms with Crippen LogP contribution in [0.25, 0.3) is 0 Å². The summed E-state index contributed by atoms with van der Waals surface area (Å²) in [7, 11) is 0. The molecule has 0 aliphatic heterocycles. The van der Waals surface area contributed by atoms with Gasteiger partial charge in [0.25, 0.3) is 11.6 Å². The van der Waals surface area contributed by atoms with E-state index >= 15 is 0 Å². The average molecular weight is 437 g/mol. The minimum Gasteiger partial charge on any atom is -0.467 e. The molecule has 3 rings (SSSR count). The topological polar surface area (TPSA) is 120 Å². The summed E-state index contributed by atoms with van der Waals surface area (Å²) in [4.78, 5) is 30.8. The number of thioether (sulfide) groups is 1. The molecule has 1 aromatic heterocycles. The van der Waals surface area contributed by atoms with Crippen molar-refractivity contribution in [2.24, 2.45) is 5.10 Å². The van der Waals surface area contributed by atoms with Crippen LogP contribution in [0.15, 0.2) is 70.9 Å². The third-order valence-corrected chi connectivity index (χ3v) is 4.80. The number of ether oxygens (including phenoxy) is 1. The van der Waals surface area contributed by atoms with Gasteiger partial charge >= 0.3 is 0 Å². The molecule has 0 fully saturated rings. The first-order chi connectivity index (χ1) is 15.0. The van der Waals surface area contributed by atoms with Gasteiger partial charge in [0.15, 0.2) is 11.8 Å². The number of rotatable bonds is 9. The first-order valence-electron chi connectivity index (χ1n) is 9.21. The van der Waals surface area contributed by atoms with Gasteiger partial charge in [-0.3, -0.25) is 14.9 Å². The molecule has 0 saturated carbocycles. The second-order valence-corrected chi connectivity index (χ2v) is 7.28. The van der Waals surface area contributed by atoms with Gasteiger partial charge in [-0.25, -0.2) is 10.4 Å². The Morgan fingerprint density at radius 3 is 2.65 bits per heavy atom. The SMILES string of the molecule is Cc1cc(OCC(=O)N/N=C\c2ccc([N+](=O)[O-])cc2)nc(SCc2ccccc2)n1. The molecule has 1 N–H and O–H groups in total. The molecule has 0 atom stereocenters. The van der Waals surface area contributed by atoms with Gasteiger partial charge in [0.1, 0.15) is 0 Å². The van der Waals surface area contributed by atoms with E-state index in [0.29, 0.717) is 16.6 Å². The van der Waals surface area contributed by atoms with Crippen molar-refractivity contribution in [1.82, 2.24) is 15.4 Å². The number of hydrogen-bond donors (Lipinski definition) is 1. The minimum atomic E-state index is -0.486. The highest BCUT2D eigenvalue weighted by atomic mass is 32.2. The van der Waals surface area contributed by atoms with Crippen LogP contribution in [-0.2, 0) is 10.5 Å². The molecule has 10 heteroatoms. The van der Waals surface area contributed by atoms with Crippen LogP contribution in [0, 0.1) is 17.0 Å². The maximum absolute atomic E-state index is 11.9. The van der Waals surface area contributed by atoms with Gasteiger partial charge in [-0.1, -0.05) is 42.1 Å². The number of non-ortho nitro benzene ring substituents is 1. The first-order valence-corrected chi connectivity index (χ1v) is 10.2. The molecule has 158 valence electrons. The fourth-order valence-corrected chi connectivity index (χ4v) is 3.26. The summed E-state index contributed by atoms with van der Waals surface area (Å²) in [6.07, 6.45) is 1.38. The molecule has 1 amide bonds. The molecule has 0 radical (unpaired) electrons. The van der Waals surface area contributed by atoms with E-state index in [9.17, 15) is 14.9 Å². The summed E-state index contributed by atoms with van der Waals surface area (Å²) in [5.74, 6) is 0.562. The highest BCUT2D eigenvalue weighted by Crippen LogP contribution is 2.22. The van der Waals surface area contributed by atoms with Crippen molar-refractivity contribution in [2.45, 2.75) is 17.8 Å². The number of nitro benzene ring substituents is 1. The van der Waals surface area contributed by atoms with Crippen molar-refractivity contribution in [3.05, 3.63) is 87.6 Å². The predicted molar refractivity (Wildman–Crippen MR) is 117 cm³/mol. The summed E-state index contributed by atoms with van der Waals surface area (Å²) in [6, 6.07) is 17.4. The van der Waals surface area contributed by atoms with E-state index in [-0.39, 0.29) is 12.3 Å². The van der Waals surface area contributed by atoms with Gasteiger partial charge in [0.05, 0.1) is 11.1 Å². The Balaban J connectivity index is 1.49. The zero-order chi connectivity index (χ0) is 22.1. The van der Waals surface area contributed by atoms with Crippen LogP contribution in [0.3, 0.4) is 0 Å². The zero-order valence-corrected chi connectivity index (χ0v) is 17.4. The Labute approximate surface area is 182 Å². The van der Waals surface area contributed by atoms with Crippen LogP contribution in [0.4, 0.5) is 5.69 Å². The third kappa shape index (κ3) is 7.19. The Morgan fingerprint density at radius 2 is 1.94 bits per heavy atom. The fourth-order valence-electron chi connectivity index (χ4n) is 2.41. The normalized spacial score (nSPS) is 10.7. The Kier molecular flexibility index (Phi) is 7.66. The molecular weight excluding hydrogens is 418 g/mol. The number of nitro groups is 1. The summed E-state index contributed by atoms with van der Waals surface area (Å²) in [6.45, 7) is 1.56. The fraction of sp³-hybridized carbons (Fsp3) is 0.143. The van der Waals surface area contributed by atoms with Crippen molar-refractivity contribution in [3.63, 3.8) is 0 Å². The number of carbonyl (C=O) groups excluding carboxylic acids is 1. The number of benzene rings is 2. The van der Waals surface area contributed by atoms with E-state index in [0.717, 1.165) is 17.0 Å². The Morgan fingerprint density at radius 1 is 1.19 bits per heavy atom. The molecule has 31 heavy (non-hydrogen) atoms. The molecule has 2 aromatic carbocycles. The van der Waals surface area contributed by atoms with Crippen molar-refractivity contribution in [3.8, 4) is 5.88 Å². The molecule has 3 aromatic rings. The van der Waals surface area contributed by atoms with Crippen LogP contribution in [-0.4, -0.2) is 33.6 Å². The molecule has 0 bridgehead atoms. The van der Waals surface area contributed by atoms with E-state index in [2.05, 4.69) is 20.5 Å². The van der Waals surface area contributed by atoms with Gasteiger partial charge in [-0.2, -0.15) is 10.1 Å². The van der Waals surface area contributed by atoms with Crippen molar-refractivity contribution in [1.29, 1.82) is 0 Å². The zero-order valence-electron chi connectivity index (χ0n) is 16.6. The summed E-state index contributed by atoms with van der Waals surface area (Å²) in [5, 5.41) is 15.0. The summed E-state index contributed by atoms with van der Waals surface area (Å²) >= 11 is 1.48. The molecule has 0 saturated heterocycles. The van der Waals surface area contributed by atoms with E-state index < -0.39 is 10.8 Å². The number of amides is 1. The Hall–Kier alpha value is -3.79. The van der Waals surface area contributed by atoms with Crippen molar-refractivity contribution >= 4 is 29.6 Å². The Bertz CT molecular complexity index is 1070. The molecular formula is C21H19N5O4S. The standard InChI is InChI=1S/C21H19N5O4S/c1-15-11-20(24-21(23-15)31-14-17-5-3-2-4-6-17)30-13-19(27)25-22-12-16-7-9-18(10-8-16)26(28)29/h2-12H,13-14H2,1H3,(H,25,27)/b22-12-. The van der Waals surface area contributed by atoms with Gasteiger partial charge in [0, 0.05) is 29.6 Å². The number of nitrogens with zero attached hydrogens (tertiary/aromatic N) is 4. The highest BCUT2D eigenvalue weighted by Gasteiger charge is 2.08. The van der Waals surface area contributed by atoms with E-state index in [1.807, 2.05) is 37.3 Å². The van der Waals surface area contributed by atoms with E-state index in [4.69, 9.17) is 4.74 Å². The number of aryl methyl sites for hydroxylation is 1. The van der Waals surface area contributed by atoms with Crippen LogP contribution in [0.1, 0.15) is 16.8 Å². The molecule has 0 unspecified atom stereocenters. The summed E-state index contributed by atoms with van der Waals surface area (Å²) < 4.78 is 5.46. The maximum Gasteiger partial charge on any atom is 0.278 e. The number of hydrogen-bond acceptors (Lipinski definition) is 8. The number of hydrazone groups is 1. The number of nitrogens with one attached hydrogen (secondary N) is 1. The first kappa shape index (κ1) is 21.9. The lowest BCUT2D eigenvalue weighted by Crippen LogP contribution is -2.24. The molecule has 0 aliphatic carbocycles. The monoisotopic (exact) mass is 437 g/mol. The molecule has 0 spiro atoms. The molecule has 9 nitrogen and oxygen atoms in total. The smallest absolute Gasteiger partial charge is 0.278 e. The van der Waals surface area contributed by atoms with Gasteiger partial charge in [0.2, 0.25) is 5.88 Å². The second-order valence-electron chi connectivity index (χ2n) is 6.33. The quantitative estimate of drug-likeness (QED) is 0.179. The van der Waals surface area contributed by atoms with Crippen LogP contribution >= 0.6 is 11.8 Å². The third-order valence-electron chi connectivity index (χ3n) is 3.88. The van der Waals surface area contributed by atoms with Crippen molar-refractivity contribution < 1.29 is 14.5 Å². The maximum atomic E-state index is 11.9. The average Bonchev–Trinajstić information content (AvgIpc) is 2.77.